The first kappa shape index (κ1) is 14.7. The molecule has 0 unspecified atom stereocenters. The van der Waals surface area contributed by atoms with Crippen LogP contribution in [0.3, 0.4) is 0 Å². The van der Waals surface area contributed by atoms with Gasteiger partial charge in [-0.15, -0.1) is 0 Å². The molecule has 0 bridgehead atoms. The minimum absolute atomic E-state index is 0.0274. The summed E-state index contributed by atoms with van der Waals surface area (Å²) < 4.78 is 3.78. The Morgan fingerprint density at radius 3 is 2.77 bits per heavy atom. The lowest BCUT2D eigenvalue weighted by Crippen LogP contribution is -2.27. The highest BCUT2D eigenvalue weighted by Gasteiger charge is 2.15. The molecule has 1 aromatic carbocycles. The summed E-state index contributed by atoms with van der Waals surface area (Å²) in [5.41, 5.74) is 3.35. The number of carbonyl (C=O) groups is 1. The SMILES string of the molecule is CN(Cc1cccn1C)C(=O)c1ccc2nc(Cl)n(C)c2c1. The third kappa shape index (κ3) is 2.48. The van der Waals surface area contributed by atoms with E-state index in [9.17, 15) is 4.79 Å². The lowest BCUT2D eigenvalue weighted by atomic mass is 10.1. The Kier molecular flexibility index (Phi) is 3.66. The molecule has 0 aliphatic heterocycles. The van der Waals surface area contributed by atoms with Crippen LogP contribution in [0.5, 0.6) is 0 Å². The van der Waals surface area contributed by atoms with Gasteiger partial charge in [-0.05, 0) is 41.9 Å². The van der Waals surface area contributed by atoms with Gasteiger partial charge in [0.2, 0.25) is 5.28 Å². The summed E-state index contributed by atoms with van der Waals surface area (Å²) >= 11 is 6.01. The molecule has 0 fully saturated rings. The van der Waals surface area contributed by atoms with Crippen molar-refractivity contribution < 1.29 is 4.79 Å². The number of hydrogen-bond donors (Lipinski definition) is 0. The van der Waals surface area contributed by atoms with E-state index in [1.54, 1.807) is 22.6 Å². The van der Waals surface area contributed by atoms with Gasteiger partial charge in [0.25, 0.3) is 5.91 Å². The van der Waals surface area contributed by atoms with E-state index in [0.29, 0.717) is 17.4 Å². The zero-order chi connectivity index (χ0) is 15.9. The van der Waals surface area contributed by atoms with Gasteiger partial charge in [0.05, 0.1) is 17.6 Å². The maximum absolute atomic E-state index is 12.6. The molecule has 1 amide bonds. The molecule has 0 saturated heterocycles. The van der Waals surface area contributed by atoms with Crippen molar-refractivity contribution in [1.82, 2.24) is 19.0 Å². The number of nitrogens with zero attached hydrogens (tertiary/aromatic N) is 4. The number of hydrogen-bond acceptors (Lipinski definition) is 2. The average Bonchev–Trinajstić information content (AvgIpc) is 3.02. The van der Waals surface area contributed by atoms with Crippen molar-refractivity contribution in [3.05, 3.63) is 53.1 Å². The van der Waals surface area contributed by atoms with Crippen LogP contribution >= 0.6 is 11.6 Å². The molecule has 5 nitrogen and oxygen atoms in total. The second kappa shape index (κ2) is 5.50. The minimum atomic E-state index is -0.0274. The Hall–Kier alpha value is -2.27. The number of amides is 1. The van der Waals surface area contributed by atoms with Crippen LogP contribution in [-0.4, -0.2) is 32.0 Å². The maximum atomic E-state index is 12.6. The van der Waals surface area contributed by atoms with Crippen molar-refractivity contribution in [3.63, 3.8) is 0 Å². The van der Waals surface area contributed by atoms with E-state index < -0.39 is 0 Å². The van der Waals surface area contributed by atoms with Crippen molar-refractivity contribution in [2.45, 2.75) is 6.54 Å². The smallest absolute Gasteiger partial charge is 0.254 e. The molecule has 0 saturated carbocycles. The molecule has 0 spiro atoms. The van der Waals surface area contributed by atoms with Crippen molar-refractivity contribution >= 4 is 28.5 Å². The summed E-state index contributed by atoms with van der Waals surface area (Å²) in [7, 11) is 5.60. The number of imidazole rings is 1. The Morgan fingerprint density at radius 1 is 1.32 bits per heavy atom. The summed E-state index contributed by atoms with van der Waals surface area (Å²) in [5.74, 6) is -0.0274. The number of carbonyl (C=O) groups excluding carboxylic acids is 1. The van der Waals surface area contributed by atoms with Crippen LogP contribution in [0.2, 0.25) is 5.28 Å². The lowest BCUT2D eigenvalue weighted by Gasteiger charge is -2.18. The van der Waals surface area contributed by atoms with Gasteiger partial charge in [0.15, 0.2) is 0 Å². The number of benzene rings is 1. The number of halogens is 1. The molecule has 0 N–H and O–H groups in total. The van der Waals surface area contributed by atoms with Gasteiger partial charge in [-0.3, -0.25) is 4.79 Å². The minimum Gasteiger partial charge on any atom is -0.353 e. The average molecular weight is 317 g/mol. The van der Waals surface area contributed by atoms with E-state index in [2.05, 4.69) is 4.98 Å². The van der Waals surface area contributed by atoms with Gasteiger partial charge in [-0.1, -0.05) is 0 Å². The largest absolute Gasteiger partial charge is 0.353 e. The van der Waals surface area contributed by atoms with Crippen LogP contribution in [0.1, 0.15) is 16.1 Å². The number of aromatic nitrogens is 3. The predicted octanol–water partition coefficient (Wildman–Crippen LogP) is 2.84. The predicted molar refractivity (Wildman–Crippen MR) is 86.9 cm³/mol. The molecular weight excluding hydrogens is 300 g/mol. The molecule has 114 valence electrons. The molecule has 0 aliphatic carbocycles. The Bertz CT molecular complexity index is 849. The first-order valence-corrected chi connectivity index (χ1v) is 7.33. The van der Waals surface area contributed by atoms with Gasteiger partial charge < -0.3 is 14.0 Å². The monoisotopic (exact) mass is 316 g/mol. The van der Waals surface area contributed by atoms with Gasteiger partial charge >= 0.3 is 0 Å². The van der Waals surface area contributed by atoms with E-state index >= 15 is 0 Å². The normalized spacial score (nSPS) is 11.1. The van der Waals surface area contributed by atoms with Crippen LogP contribution in [0.4, 0.5) is 0 Å². The van der Waals surface area contributed by atoms with Gasteiger partial charge in [0.1, 0.15) is 0 Å². The lowest BCUT2D eigenvalue weighted by molar-refractivity contribution is 0.0782. The van der Waals surface area contributed by atoms with Crippen molar-refractivity contribution in [1.29, 1.82) is 0 Å². The second-order valence-electron chi connectivity index (χ2n) is 5.41. The summed E-state index contributed by atoms with van der Waals surface area (Å²) in [4.78, 5) is 18.5. The van der Waals surface area contributed by atoms with E-state index in [4.69, 9.17) is 11.6 Å². The van der Waals surface area contributed by atoms with Crippen molar-refractivity contribution in [3.8, 4) is 0 Å². The second-order valence-corrected chi connectivity index (χ2v) is 5.75. The fraction of sp³-hybridized carbons (Fsp3) is 0.250. The van der Waals surface area contributed by atoms with Gasteiger partial charge in [-0.25, -0.2) is 4.98 Å². The Labute approximate surface area is 133 Å². The van der Waals surface area contributed by atoms with E-state index in [0.717, 1.165) is 16.7 Å². The fourth-order valence-electron chi connectivity index (χ4n) is 2.49. The van der Waals surface area contributed by atoms with Crippen LogP contribution in [0.15, 0.2) is 36.5 Å². The summed E-state index contributed by atoms with van der Waals surface area (Å²) in [6.07, 6.45) is 1.97. The van der Waals surface area contributed by atoms with Gasteiger partial charge in [-0.2, -0.15) is 0 Å². The Balaban J connectivity index is 1.88. The van der Waals surface area contributed by atoms with Crippen LogP contribution in [-0.2, 0) is 20.6 Å². The molecule has 2 heterocycles. The molecule has 2 aromatic heterocycles. The van der Waals surface area contributed by atoms with Gasteiger partial charge in [0, 0.05) is 38.6 Å². The standard InChI is InChI=1S/C16H17ClN4O/c1-19-8-4-5-12(19)10-20(2)15(22)11-6-7-13-14(9-11)21(3)16(17)18-13/h4-9H,10H2,1-3H3. The zero-order valence-electron chi connectivity index (χ0n) is 12.7. The van der Waals surface area contributed by atoms with E-state index in [-0.39, 0.29) is 5.91 Å². The molecule has 3 aromatic rings. The van der Waals surface area contributed by atoms with Crippen molar-refractivity contribution in [2.24, 2.45) is 14.1 Å². The summed E-state index contributed by atoms with van der Waals surface area (Å²) in [6.45, 7) is 0.562. The molecule has 6 heteroatoms. The third-order valence-electron chi connectivity index (χ3n) is 3.87. The van der Waals surface area contributed by atoms with Crippen LogP contribution in [0, 0.1) is 0 Å². The first-order chi connectivity index (χ1) is 10.5. The zero-order valence-corrected chi connectivity index (χ0v) is 13.5. The van der Waals surface area contributed by atoms with Crippen LogP contribution < -0.4 is 0 Å². The number of fused-ring (bicyclic) bond motifs is 1. The highest BCUT2D eigenvalue weighted by molar-refractivity contribution is 6.29. The van der Waals surface area contributed by atoms with E-state index in [1.165, 1.54) is 0 Å². The van der Waals surface area contributed by atoms with Crippen LogP contribution in [0.25, 0.3) is 11.0 Å². The quantitative estimate of drug-likeness (QED) is 0.745. The highest BCUT2D eigenvalue weighted by atomic mass is 35.5. The maximum Gasteiger partial charge on any atom is 0.254 e. The summed E-state index contributed by atoms with van der Waals surface area (Å²) in [5, 5.41) is 0.414. The topological polar surface area (TPSA) is 43.1 Å². The summed E-state index contributed by atoms with van der Waals surface area (Å²) in [6, 6.07) is 9.42. The van der Waals surface area contributed by atoms with Crippen molar-refractivity contribution in [2.75, 3.05) is 7.05 Å². The highest BCUT2D eigenvalue weighted by Crippen LogP contribution is 2.20. The first-order valence-electron chi connectivity index (χ1n) is 6.95. The molecule has 22 heavy (non-hydrogen) atoms. The third-order valence-corrected chi connectivity index (χ3v) is 4.21. The molecule has 0 atom stereocenters. The molecule has 0 aliphatic rings. The number of rotatable bonds is 3. The Morgan fingerprint density at radius 2 is 2.09 bits per heavy atom. The molecule has 3 rings (SSSR count). The molecular formula is C16H17ClN4O. The fourth-order valence-corrected chi connectivity index (χ4v) is 2.67. The number of aryl methyl sites for hydroxylation is 2. The molecule has 0 radical (unpaired) electrons. The van der Waals surface area contributed by atoms with E-state index in [1.807, 2.05) is 49.1 Å².